The van der Waals surface area contributed by atoms with Gasteiger partial charge in [-0.25, -0.2) is 4.39 Å². The number of halogens is 1. The molecular formula is C11H7FO2. The third kappa shape index (κ3) is 1.18. The van der Waals surface area contributed by atoms with Gasteiger partial charge in [-0.2, -0.15) is 0 Å². The van der Waals surface area contributed by atoms with Gasteiger partial charge in [0.15, 0.2) is 11.6 Å². The Balaban J connectivity index is 2.69. The molecule has 0 aromatic heterocycles. The van der Waals surface area contributed by atoms with Crippen molar-refractivity contribution in [2.24, 2.45) is 0 Å². The number of allylic oxidation sites excluding steroid dienone is 2. The molecule has 0 N–H and O–H groups in total. The van der Waals surface area contributed by atoms with Crippen LogP contribution in [-0.4, -0.2) is 11.6 Å². The van der Waals surface area contributed by atoms with Crippen LogP contribution in [0, 0.1) is 5.82 Å². The number of hydrogen-bond acceptors (Lipinski definition) is 2. The van der Waals surface area contributed by atoms with Crippen LogP contribution in [0.3, 0.4) is 0 Å². The van der Waals surface area contributed by atoms with Gasteiger partial charge in [0.05, 0.1) is 0 Å². The van der Waals surface area contributed by atoms with Gasteiger partial charge in [-0.05, 0) is 31.2 Å². The van der Waals surface area contributed by atoms with E-state index >= 15 is 0 Å². The number of fused-ring (bicyclic) bond motifs is 1. The lowest BCUT2D eigenvalue weighted by molar-refractivity contribution is 0.0984. The highest BCUT2D eigenvalue weighted by Gasteiger charge is 2.22. The van der Waals surface area contributed by atoms with Crippen molar-refractivity contribution < 1.29 is 14.0 Å². The fraction of sp³-hybridized carbons (Fsp3) is 0.0909. The minimum absolute atomic E-state index is 0.153. The molecule has 0 amide bonds. The van der Waals surface area contributed by atoms with E-state index in [1.807, 2.05) is 0 Å². The summed E-state index contributed by atoms with van der Waals surface area (Å²) in [6.07, 6.45) is 1.24. The van der Waals surface area contributed by atoms with Crippen molar-refractivity contribution >= 4 is 11.6 Å². The summed E-state index contributed by atoms with van der Waals surface area (Å²) in [7, 11) is 0. The number of hydrogen-bond donors (Lipinski definition) is 0. The smallest absolute Gasteiger partial charge is 0.189 e. The van der Waals surface area contributed by atoms with Crippen LogP contribution in [0.15, 0.2) is 29.8 Å². The molecule has 0 bridgehead atoms. The van der Waals surface area contributed by atoms with Crippen LogP contribution in [0.5, 0.6) is 0 Å². The van der Waals surface area contributed by atoms with E-state index in [1.165, 1.54) is 18.2 Å². The van der Waals surface area contributed by atoms with Gasteiger partial charge < -0.3 is 0 Å². The molecule has 2 nitrogen and oxygen atoms in total. The maximum atomic E-state index is 12.8. The molecule has 2 rings (SSSR count). The molecular weight excluding hydrogens is 183 g/mol. The van der Waals surface area contributed by atoms with E-state index < -0.39 is 5.82 Å². The summed E-state index contributed by atoms with van der Waals surface area (Å²) in [6.45, 7) is 1.58. The second-order valence-corrected chi connectivity index (χ2v) is 3.21. The summed E-state index contributed by atoms with van der Waals surface area (Å²) in [6, 6.07) is 3.63. The molecule has 0 atom stereocenters. The Hall–Kier alpha value is -1.77. The van der Waals surface area contributed by atoms with Crippen LogP contribution in [0.2, 0.25) is 0 Å². The monoisotopic (exact) mass is 190 g/mol. The van der Waals surface area contributed by atoms with Gasteiger partial charge in [0.1, 0.15) is 5.82 Å². The number of benzene rings is 1. The SMILES string of the molecule is CC1=CC(=O)c2cc(F)ccc2C1=O. The number of Topliss-reactive ketones (excluding diaryl/α,β-unsaturated/α-hetero) is 1. The first-order valence-electron chi connectivity index (χ1n) is 4.16. The van der Waals surface area contributed by atoms with Crippen LogP contribution in [-0.2, 0) is 0 Å². The molecule has 0 unspecified atom stereocenters. The van der Waals surface area contributed by atoms with Crippen molar-refractivity contribution in [3.05, 3.63) is 46.8 Å². The Bertz CT molecular complexity index is 472. The second kappa shape index (κ2) is 2.87. The number of ketones is 2. The fourth-order valence-corrected chi connectivity index (χ4v) is 1.47. The molecule has 1 aromatic carbocycles. The average molecular weight is 190 g/mol. The van der Waals surface area contributed by atoms with Crippen molar-refractivity contribution in [1.82, 2.24) is 0 Å². The van der Waals surface area contributed by atoms with E-state index in [0.717, 1.165) is 6.07 Å². The standard InChI is InChI=1S/C11H7FO2/c1-6-4-10(13)9-5-7(12)2-3-8(9)11(6)14/h2-5H,1H3. The summed E-state index contributed by atoms with van der Waals surface area (Å²) in [5.41, 5.74) is 0.839. The molecule has 1 aromatic rings. The quantitative estimate of drug-likeness (QED) is 0.628. The predicted octanol–water partition coefficient (Wildman–Crippen LogP) is 2.15. The first-order chi connectivity index (χ1) is 6.59. The molecule has 0 heterocycles. The summed E-state index contributed by atoms with van der Waals surface area (Å²) in [4.78, 5) is 22.9. The van der Waals surface area contributed by atoms with Crippen LogP contribution >= 0.6 is 0 Å². The highest BCUT2D eigenvalue weighted by atomic mass is 19.1. The van der Waals surface area contributed by atoms with Crippen molar-refractivity contribution in [3.63, 3.8) is 0 Å². The van der Waals surface area contributed by atoms with Crippen molar-refractivity contribution in [1.29, 1.82) is 0 Å². The van der Waals surface area contributed by atoms with Gasteiger partial charge >= 0.3 is 0 Å². The largest absolute Gasteiger partial charge is 0.289 e. The number of carbonyl (C=O) groups excluding carboxylic acids is 2. The maximum absolute atomic E-state index is 12.8. The van der Waals surface area contributed by atoms with Crippen LogP contribution in [0.25, 0.3) is 0 Å². The number of rotatable bonds is 0. The third-order valence-corrected chi connectivity index (χ3v) is 2.20. The Labute approximate surface area is 80.0 Å². The topological polar surface area (TPSA) is 34.1 Å². The van der Waals surface area contributed by atoms with Gasteiger partial charge in [-0.3, -0.25) is 9.59 Å². The van der Waals surface area contributed by atoms with Gasteiger partial charge in [0.25, 0.3) is 0 Å². The third-order valence-electron chi connectivity index (χ3n) is 2.20. The molecule has 0 saturated carbocycles. The van der Waals surface area contributed by atoms with E-state index in [9.17, 15) is 14.0 Å². The van der Waals surface area contributed by atoms with E-state index in [4.69, 9.17) is 0 Å². The lowest BCUT2D eigenvalue weighted by atomic mass is 9.90. The van der Waals surface area contributed by atoms with E-state index in [2.05, 4.69) is 0 Å². The average Bonchev–Trinajstić information content (AvgIpc) is 2.14. The van der Waals surface area contributed by atoms with Crippen molar-refractivity contribution in [2.75, 3.05) is 0 Å². The molecule has 1 aliphatic carbocycles. The normalized spacial score (nSPS) is 15.1. The highest BCUT2D eigenvalue weighted by Crippen LogP contribution is 2.21. The molecule has 0 spiro atoms. The Morgan fingerprint density at radius 2 is 1.86 bits per heavy atom. The highest BCUT2D eigenvalue weighted by molar-refractivity contribution is 6.24. The molecule has 70 valence electrons. The first-order valence-corrected chi connectivity index (χ1v) is 4.16. The van der Waals surface area contributed by atoms with Crippen LogP contribution in [0.1, 0.15) is 27.6 Å². The summed E-state index contributed by atoms with van der Waals surface area (Å²) < 4.78 is 12.8. The zero-order chi connectivity index (χ0) is 10.3. The molecule has 0 aliphatic heterocycles. The molecule has 0 fully saturated rings. The summed E-state index contributed by atoms with van der Waals surface area (Å²) in [5.74, 6) is -1.02. The Morgan fingerprint density at radius 1 is 1.14 bits per heavy atom. The molecule has 3 heteroatoms. The fourth-order valence-electron chi connectivity index (χ4n) is 1.47. The van der Waals surface area contributed by atoms with Crippen molar-refractivity contribution in [3.8, 4) is 0 Å². The minimum Gasteiger partial charge on any atom is -0.289 e. The predicted molar refractivity (Wildman–Crippen MR) is 48.8 cm³/mol. The van der Waals surface area contributed by atoms with Gasteiger partial charge in [0.2, 0.25) is 0 Å². The maximum Gasteiger partial charge on any atom is 0.189 e. The van der Waals surface area contributed by atoms with E-state index in [-0.39, 0.29) is 22.7 Å². The number of carbonyl (C=O) groups is 2. The zero-order valence-corrected chi connectivity index (χ0v) is 7.50. The molecule has 14 heavy (non-hydrogen) atoms. The summed E-state index contributed by atoms with van der Waals surface area (Å²) in [5, 5.41) is 0. The van der Waals surface area contributed by atoms with Gasteiger partial charge in [-0.1, -0.05) is 0 Å². The lowest BCUT2D eigenvalue weighted by Gasteiger charge is -2.11. The second-order valence-electron chi connectivity index (χ2n) is 3.21. The van der Waals surface area contributed by atoms with Gasteiger partial charge in [0, 0.05) is 16.7 Å². The van der Waals surface area contributed by atoms with Gasteiger partial charge in [-0.15, -0.1) is 0 Å². The van der Waals surface area contributed by atoms with Crippen LogP contribution in [0.4, 0.5) is 4.39 Å². The molecule has 1 aliphatic rings. The zero-order valence-electron chi connectivity index (χ0n) is 7.50. The minimum atomic E-state index is -0.502. The molecule has 0 radical (unpaired) electrons. The first kappa shape index (κ1) is 8.81. The lowest BCUT2D eigenvalue weighted by Crippen LogP contribution is -2.15. The molecule has 0 saturated heterocycles. The van der Waals surface area contributed by atoms with Crippen LogP contribution < -0.4 is 0 Å². The summed E-state index contributed by atoms with van der Waals surface area (Å²) >= 11 is 0. The van der Waals surface area contributed by atoms with E-state index in [0.29, 0.717) is 5.57 Å². The Kier molecular flexibility index (Phi) is 1.81. The van der Waals surface area contributed by atoms with E-state index in [1.54, 1.807) is 6.92 Å². The van der Waals surface area contributed by atoms with Crippen molar-refractivity contribution in [2.45, 2.75) is 6.92 Å². The Morgan fingerprint density at radius 3 is 2.57 bits per heavy atom.